The Bertz CT molecular complexity index is 509. The average molecular weight is 214 g/mol. The van der Waals surface area contributed by atoms with Gasteiger partial charge in [-0.1, -0.05) is 37.3 Å². The van der Waals surface area contributed by atoms with Crippen molar-refractivity contribution in [2.75, 3.05) is 0 Å². The van der Waals surface area contributed by atoms with Crippen LogP contribution >= 0.6 is 0 Å². The van der Waals surface area contributed by atoms with Gasteiger partial charge in [-0.3, -0.25) is 0 Å². The summed E-state index contributed by atoms with van der Waals surface area (Å²) >= 11 is 0. The maximum Gasteiger partial charge on any atom is 0.186 e. The SMILES string of the molecule is CC1C2=C(C=CC(O)(O)C2)c2ccccc21. The molecule has 0 fully saturated rings. The second kappa shape index (κ2) is 3.06. The molecule has 2 nitrogen and oxygen atoms in total. The Morgan fingerprint density at radius 3 is 2.81 bits per heavy atom. The summed E-state index contributed by atoms with van der Waals surface area (Å²) in [6, 6.07) is 8.26. The van der Waals surface area contributed by atoms with Crippen molar-refractivity contribution in [3.8, 4) is 0 Å². The van der Waals surface area contributed by atoms with Crippen LogP contribution in [0.4, 0.5) is 0 Å². The maximum atomic E-state index is 9.65. The molecule has 3 rings (SSSR count). The zero-order valence-electron chi connectivity index (χ0n) is 9.14. The fourth-order valence-electron chi connectivity index (χ4n) is 2.71. The van der Waals surface area contributed by atoms with E-state index in [0.29, 0.717) is 6.42 Å². The summed E-state index contributed by atoms with van der Waals surface area (Å²) in [5, 5.41) is 19.3. The first-order chi connectivity index (χ1) is 7.58. The van der Waals surface area contributed by atoms with Gasteiger partial charge in [-0.05, 0) is 28.3 Å². The molecule has 2 aliphatic carbocycles. The van der Waals surface area contributed by atoms with Crippen molar-refractivity contribution in [1.82, 2.24) is 0 Å². The average Bonchev–Trinajstić information content (AvgIpc) is 2.52. The molecule has 16 heavy (non-hydrogen) atoms. The minimum absolute atomic E-state index is 0.287. The van der Waals surface area contributed by atoms with Crippen LogP contribution in [0, 0.1) is 0 Å². The van der Waals surface area contributed by atoms with E-state index in [0.717, 1.165) is 5.57 Å². The van der Waals surface area contributed by atoms with Gasteiger partial charge in [-0.2, -0.15) is 0 Å². The van der Waals surface area contributed by atoms with E-state index in [1.165, 1.54) is 22.8 Å². The molecular formula is C14H14O2. The van der Waals surface area contributed by atoms with E-state index >= 15 is 0 Å². The fourth-order valence-corrected chi connectivity index (χ4v) is 2.71. The van der Waals surface area contributed by atoms with Crippen molar-refractivity contribution in [2.45, 2.75) is 25.0 Å². The fraction of sp³-hybridized carbons (Fsp3) is 0.286. The molecule has 0 aliphatic heterocycles. The normalized spacial score (nSPS) is 25.6. The van der Waals surface area contributed by atoms with Gasteiger partial charge in [0.15, 0.2) is 5.79 Å². The smallest absolute Gasteiger partial charge is 0.186 e. The van der Waals surface area contributed by atoms with Crippen molar-refractivity contribution < 1.29 is 10.2 Å². The number of fused-ring (bicyclic) bond motifs is 2. The van der Waals surface area contributed by atoms with Crippen molar-refractivity contribution in [2.24, 2.45) is 0 Å². The Labute approximate surface area is 94.5 Å². The summed E-state index contributed by atoms with van der Waals surface area (Å²) in [7, 11) is 0. The molecule has 82 valence electrons. The van der Waals surface area contributed by atoms with Gasteiger partial charge in [-0.25, -0.2) is 0 Å². The van der Waals surface area contributed by atoms with Crippen LogP contribution in [0.15, 0.2) is 42.0 Å². The van der Waals surface area contributed by atoms with E-state index < -0.39 is 5.79 Å². The van der Waals surface area contributed by atoms with Gasteiger partial charge in [0.25, 0.3) is 0 Å². The molecule has 0 saturated heterocycles. The Balaban J connectivity index is 2.14. The van der Waals surface area contributed by atoms with Gasteiger partial charge in [-0.15, -0.1) is 0 Å². The van der Waals surface area contributed by atoms with Crippen LogP contribution in [-0.2, 0) is 0 Å². The largest absolute Gasteiger partial charge is 0.362 e. The van der Waals surface area contributed by atoms with Crippen LogP contribution < -0.4 is 0 Å². The molecule has 0 amide bonds. The van der Waals surface area contributed by atoms with Crippen LogP contribution in [0.5, 0.6) is 0 Å². The Morgan fingerprint density at radius 1 is 1.25 bits per heavy atom. The van der Waals surface area contributed by atoms with Crippen molar-refractivity contribution in [3.05, 3.63) is 53.1 Å². The monoisotopic (exact) mass is 214 g/mol. The molecule has 2 heteroatoms. The zero-order valence-corrected chi connectivity index (χ0v) is 9.14. The third-order valence-electron chi connectivity index (χ3n) is 3.55. The Kier molecular flexibility index (Phi) is 1.88. The molecule has 0 bridgehead atoms. The minimum Gasteiger partial charge on any atom is -0.362 e. The summed E-state index contributed by atoms with van der Waals surface area (Å²) in [6.07, 6.45) is 3.62. The zero-order chi connectivity index (χ0) is 11.3. The molecule has 0 saturated carbocycles. The van der Waals surface area contributed by atoms with Gasteiger partial charge in [0.2, 0.25) is 0 Å². The topological polar surface area (TPSA) is 40.5 Å². The first-order valence-electron chi connectivity index (χ1n) is 5.55. The Hall–Kier alpha value is -1.38. The molecule has 1 aromatic carbocycles. The third-order valence-corrected chi connectivity index (χ3v) is 3.55. The summed E-state index contributed by atoms with van der Waals surface area (Å²) < 4.78 is 0. The second-order valence-corrected chi connectivity index (χ2v) is 4.64. The summed E-state index contributed by atoms with van der Waals surface area (Å²) in [5.74, 6) is -1.38. The highest BCUT2D eigenvalue weighted by molar-refractivity contribution is 5.85. The predicted octanol–water partition coefficient (Wildman–Crippen LogP) is 2.20. The van der Waals surface area contributed by atoms with E-state index in [-0.39, 0.29) is 5.92 Å². The van der Waals surface area contributed by atoms with Gasteiger partial charge in [0, 0.05) is 12.3 Å². The first-order valence-corrected chi connectivity index (χ1v) is 5.55. The van der Waals surface area contributed by atoms with E-state index in [1.54, 1.807) is 0 Å². The number of hydrogen-bond acceptors (Lipinski definition) is 2. The van der Waals surface area contributed by atoms with E-state index in [1.807, 2.05) is 18.2 Å². The molecule has 0 spiro atoms. The van der Waals surface area contributed by atoms with E-state index in [2.05, 4.69) is 19.1 Å². The molecule has 1 aromatic rings. The minimum atomic E-state index is -1.67. The maximum absolute atomic E-state index is 9.65. The van der Waals surface area contributed by atoms with Gasteiger partial charge in [0.1, 0.15) is 0 Å². The third kappa shape index (κ3) is 1.27. The first kappa shape index (κ1) is 9.82. The van der Waals surface area contributed by atoms with Crippen LogP contribution in [0.25, 0.3) is 5.57 Å². The number of allylic oxidation sites excluding steroid dienone is 2. The summed E-state index contributed by atoms with van der Waals surface area (Å²) in [6.45, 7) is 2.12. The quantitative estimate of drug-likeness (QED) is 0.650. The van der Waals surface area contributed by atoms with Crippen molar-refractivity contribution >= 4 is 5.57 Å². The highest BCUT2D eigenvalue weighted by Gasteiger charge is 2.34. The lowest BCUT2D eigenvalue weighted by molar-refractivity contribution is -0.117. The number of aliphatic hydroxyl groups is 2. The molecule has 0 radical (unpaired) electrons. The molecule has 1 atom stereocenters. The number of benzene rings is 1. The number of hydrogen-bond donors (Lipinski definition) is 2. The van der Waals surface area contributed by atoms with Gasteiger partial charge < -0.3 is 10.2 Å². The van der Waals surface area contributed by atoms with Gasteiger partial charge in [0.05, 0.1) is 0 Å². The van der Waals surface area contributed by atoms with Crippen LogP contribution in [0.2, 0.25) is 0 Å². The van der Waals surface area contributed by atoms with Crippen LogP contribution in [0.1, 0.15) is 30.4 Å². The van der Waals surface area contributed by atoms with Crippen molar-refractivity contribution in [3.63, 3.8) is 0 Å². The molecule has 0 heterocycles. The molecule has 2 N–H and O–H groups in total. The lowest BCUT2D eigenvalue weighted by Crippen LogP contribution is -2.28. The lowest BCUT2D eigenvalue weighted by Gasteiger charge is -2.24. The molecular weight excluding hydrogens is 200 g/mol. The van der Waals surface area contributed by atoms with Gasteiger partial charge >= 0.3 is 0 Å². The number of rotatable bonds is 0. The highest BCUT2D eigenvalue weighted by Crippen LogP contribution is 2.47. The second-order valence-electron chi connectivity index (χ2n) is 4.64. The van der Waals surface area contributed by atoms with Crippen molar-refractivity contribution in [1.29, 1.82) is 0 Å². The Morgan fingerprint density at radius 2 is 2.00 bits per heavy atom. The van der Waals surface area contributed by atoms with Crippen LogP contribution in [0.3, 0.4) is 0 Å². The highest BCUT2D eigenvalue weighted by atomic mass is 16.5. The van der Waals surface area contributed by atoms with Crippen LogP contribution in [-0.4, -0.2) is 16.0 Å². The molecule has 1 unspecified atom stereocenters. The van der Waals surface area contributed by atoms with E-state index in [9.17, 15) is 10.2 Å². The predicted molar refractivity (Wildman–Crippen MR) is 62.7 cm³/mol. The standard InChI is InChI=1S/C14H14O2/c1-9-10-4-2-3-5-11(10)12-6-7-14(15,16)8-13(9)12/h2-7,9,15-16H,8H2,1H3. The lowest BCUT2D eigenvalue weighted by atomic mass is 9.89. The molecule has 2 aliphatic rings. The summed E-state index contributed by atoms with van der Waals surface area (Å²) in [5.41, 5.74) is 4.82. The summed E-state index contributed by atoms with van der Waals surface area (Å²) in [4.78, 5) is 0. The molecule has 0 aromatic heterocycles. The van der Waals surface area contributed by atoms with E-state index in [4.69, 9.17) is 0 Å².